The molecular formula is C27H33FN2O5. The van der Waals surface area contributed by atoms with Crippen molar-refractivity contribution in [2.45, 2.75) is 44.0 Å². The smallest absolute Gasteiger partial charge is 0.290 e. The SMILES string of the molecule is C=CCOc1cccc(C2C3=C(OC4CCC(F)CC4C3=O)C(=O)N2CCCN2CCOCC2)c1. The summed E-state index contributed by atoms with van der Waals surface area (Å²) in [5.74, 6) is -0.145. The van der Waals surface area contributed by atoms with E-state index in [9.17, 15) is 14.0 Å². The summed E-state index contributed by atoms with van der Waals surface area (Å²) in [5.41, 5.74) is 1.16. The van der Waals surface area contributed by atoms with Gasteiger partial charge in [0.25, 0.3) is 5.91 Å². The third kappa shape index (κ3) is 4.86. The number of benzene rings is 1. The topological polar surface area (TPSA) is 68.3 Å². The Balaban J connectivity index is 1.43. The van der Waals surface area contributed by atoms with E-state index in [-0.39, 0.29) is 23.9 Å². The quantitative estimate of drug-likeness (QED) is 0.528. The van der Waals surface area contributed by atoms with Gasteiger partial charge in [-0.2, -0.15) is 0 Å². The predicted octanol–water partition coefficient (Wildman–Crippen LogP) is 3.22. The molecule has 1 saturated heterocycles. The molecule has 3 heterocycles. The highest BCUT2D eigenvalue weighted by Crippen LogP contribution is 2.47. The van der Waals surface area contributed by atoms with Crippen LogP contribution in [0.5, 0.6) is 5.75 Å². The highest BCUT2D eigenvalue weighted by atomic mass is 19.1. The zero-order valence-corrected chi connectivity index (χ0v) is 20.0. The van der Waals surface area contributed by atoms with Crippen LogP contribution in [0.1, 0.15) is 37.3 Å². The minimum Gasteiger partial charge on any atom is -0.490 e. The average molecular weight is 485 g/mol. The number of nitrogens with zero attached hydrogens (tertiary/aromatic N) is 2. The van der Waals surface area contributed by atoms with Gasteiger partial charge in [-0.15, -0.1) is 0 Å². The molecule has 0 radical (unpaired) electrons. The summed E-state index contributed by atoms with van der Waals surface area (Å²) in [6, 6.07) is 6.90. The zero-order valence-electron chi connectivity index (χ0n) is 20.0. The van der Waals surface area contributed by atoms with E-state index in [0.29, 0.717) is 37.3 Å². The van der Waals surface area contributed by atoms with E-state index in [0.717, 1.165) is 44.8 Å². The number of fused-ring (bicyclic) bond motifs is 1. The van der Waals surface area contributed by atoms with Crippen LogP contribution in [0.2, 0.25) is 0 Å². The molecule has 8 heteroatoms. The van der Waals surface area contributed by atoms with Crippen molar-refractivity contribution in [3.05, 3.63) is 53.8 Å². The molecule has 1 aromatic rings. The monoisotopic (exact) mass is 484 g/mol. The lowest BCUT2D eigenvalue weighted by molar-refractivity contribution is -0.136. The van der Waals surface area contributed by atoms with Crippen LogP contribution in [0.25, 0.3) is 0 Å². The van der Waals surface area contributed by atoms with Gasteiger partial charge in [0.15, 0.2) is 11.5 Å². The number of halogens is 1. The summed E-state index contributed by atoms with van der Waals surface area (Å²) < 4.78 is 31.5. The molecule has 1 saturated carbocycles. The third-order valence-electron chi connectivity index (χ3n) is 7.40. The molecular weight excluding hydrogens is 451 g/mol. The molecule has 4 atom stereocenters. The van der Waals surface area contributed by atoms with Gasteiger partial charge in [-0.3, -0.25) is 14.5 Å². The number of carbonyl (C=O) groups is 2. The van der Waals surface area contributed by atoms with Gasteiger partial charge in [0, 0.05) is 26.2 Å². The molecule has 2 fully saturated rings. The second-order valence-corrected chi connectivity index (χ2v) is 9.66. The molecule has 1 amide bonds. The van der Waals surface area contributed by atoms with Crippen LogP contribution in [-0.4, -0.2) is 79.8 Å². The predicted molar refractivity (Wildman–Crippen MR) is 128 cm³/mol. The zero-order chi connectivity index (χ0) is 24.4. The number of Topliss-reactive ketones (excluding diaryl/α,β-unsaturated/α-hetero) is 1. The van der Waals surface area contributed by atoms with Gasteiger partial charge in [0.05, 0.1) is 30.7 Å². The minimum atomic E-state index is -1.01. The molecule has 0 aromatic heterocycles. The van der Waals surface area contributed by atoms with Gasteiger partial charge >= 0.3 is 0 Å². The molecule has 4 unspecified atom stereocenters. The van der Waals surface area contributed by atoms with Crippen LogP contribution < -0.4 is 4.74 Å². The number of morpholine rings is 1. The number of carbonyl (C=O) groups excluding carboxylic acids is 2. The fraction of sp³-hybridized carbons (Fsp3) is 0.556. The summed E-state index contributed by atoms with van der Waals surface area (Å²) >= 11 is 0. The van der Waals surface area contributed by atoms with Crippen LogP contribution in [0.4, 0.5) is 4.39 Å². The van der Waals surface area contributed by atoms with E-state index < -0.39 is 24.2 Å². The van der Waals surface area contributed by atoms with Gasteiger partial charge in [0.1, 0.15) is 24.6 Å². The molecule has 1 aromatic carbocycles. The van der Waals surface area contributed by atoms with Gasteiger partial charge in [-0.25, -0.2) is 4.39 Å². The van der Waals surface area contributed by atoms with Crippen LogP contribution in [0.15, 0.2) is 48.3 Å². The van der Waals surface area contributed by atoms with Gasteiger partial charge in [-0.1, -0.05) is 24.8 Å². The van der Waals surface area contributed by atoms with E-state index >= 15 is 0 Å². The molecule has 3 aliphatic heterocycles. The van der Waals surface area contributed by atoms with Crippen molar-refractivity contribution in [2.24, 2.45) is 5.92 Å². The first kappa shape index (κ1) is 24.0. The van der Waals surface area contributed by atoms with Crippen molar-refractivity contribution in [2.75, 3.05) is 46.0 Å². The van der Waals surface area contributed by atoms with Crippen molar-refractivity contribution in [1.82, 2.24) is 9.80 Å². The summed E-state index contributed by atoms with van der Waals surface area (Å²) in [6.07, 6.45) is 1.97. The van der Waals surface area contributed by atoms with Gasteiger partial charge < -0.3 is 19.1 Å². The maximum Gasteiger partial charge on any atom is 0.290 e. The van der Waals surface area contributed by atoms with Crippen molar-refractivity contribution >= 4 is 11.7 Å². The Labute approximate surface area is 205 Å². The van der Waals surface area contributed by atoms with E-state index in [2.05, 4.69) is 11.5 Å². The Morgan fingerprint density at radius 3 is 2.80 bits per heavy atom. The van der Waals surface area contributed by atoms with Gasteiger partial charge in [-0.05, 0) is 43.4 Å². The fourth-order valence-corrected chi connectivity index (χ4v) is 5.66. The molecule has 7 nitrogen and oxygen atoms in total. The molecule has 0 N–H and O–H groups in total. The maximum atomic E-state index is 14.2. The number of ketones is 1. The second-order valence-electron chi connectivity index (χ2n) is 9.66. The van der Waals surface area contributed by atoms with E-state index in [4.69, 9.17) is 14.2 Å². The van der Waals surface area contributed by atoms with E-state index in [1.807, 2.05) is 24.3 Å². The van der Waals surface area contributed by atoms with Crippen LogP contribution in [0, 0.1) is 5.92 Å². The molecule has 0 bridgehead atoms. The third-order valence-corrected chi connectivity index (χ3v) is 7.40. The van der Waals surface area contributed by atoms with Crippen LogP contribution in [0.3, 0.4) is 0 Å². The van der Waals surface area contributed by atoms with Crippen molar-refractivity contribution < 1.29 is 28.2 Å². The second kappa shape index (κ2) is 10.5. The first-order chi connectivity index (χ1) is 17.1. The number of rotatable bonds is 8. The number of alkyl halides is 1. The van der Waals surface area contributed by atoms with E-state index in [1.54, 1.807) is 11.0 Å². The number of ether oxygens (including phenoxy) is 3. The Kier molecular flexibility index (Phi) is 7.20. The maximum absolute atomic E-state index is 14.2. The van der Waals surface area contributed by atoms with Crippen LogP contribution >= 0.6 is 0 Å². The van der Waals surface area contributed by atoms with E-state index in [1.165, 1.54) is 0 Å². The Morgan fingerprint density at radius 2 is 2.00 bits per heavy atom. The standard InChI is InChI=1S/C27H33FN2O5/c1-2-13-34-20-6-3-5-18(16-20)24-23-25(31)21-17-19(28)7-8-22(21)35-26(23)27(32)30(24)10-4-9-29-11-14-33-15-12-29/h2-3,5-6,16,19,21-22,24H,1,4,7-15,17H2. The van der Waals surface area contributed by atoms with Crippen molar-refractivity contribution in [3.8, 4) is 5.75 Å². The minimum absolute atomic E-state index is 0.148. The summed E-state index contributed by atoms with van der Waals surface area (Å²) in [6.45, 7) is 8.58. The largest absolute Gasteiger partial charge is 0.490 e. The number of amides is 1. The number of hydrogen-bond donors (Lipinski definition) is 0. The first-order valence-electron chi connectivity index (χ1n) is 12.6. The van der Waals surface area contributed by atoms with Crippen LogP contribution in [-0.2, 0) is 19.1 Å². The summed E-state index contributed by atoms with van der Waals surface area (Å²) in [4.78, 5) is 31.4. The molecule has 0 spiro atoms. The normalized spacial score (nSPS) is 29.0. The highest BCUT2D eigenvalue weighted by molar-refractivity contribution is 6.11. The molecule has 35 heavy (non-hydrogen) atoms. The number of hydrogen-bond acceptors (Lipinski definition) is 6. The lowest BCUT2D eigenvalue weighted by Crippen LogP contribution is -2.42. The Morgan fingerprint density at radius 1 is 1.17 bits per heavy atom. The molecule has 188 valence electrons. The Hall–Kier alpha value is -2.71. The molecule has 5 rings (SSSR count). The summed E-state index contributed by atoms with van der Waals surface area (Å²) in [7, 11) is 0. The fourth-order valence-electron chi connectivity index (χ4n) is 5.66. The summed E-state index contributed by atoms with van der Waals surface area (Å²) in [5, 5.41) is 0. The van der Waals surface area contributed by atoms with Gasteiger partial charge in [0.2, 0.25) is 0 Å². The first-order valence-corrected chi connectivity index (χ1v) is 12.6. The van der Waals surface area contributed by atoms with Crippen molar-refractivity contribution in [1.29, 1.82) is 0 Å². The lowest BCUT2D eigenvalue weighted by Gasteiger charge is -2.36. The lowest BCUT2D eigenvalue weighted by atomic mass is 9.77. The molecule has 4 aliphatic rings. The molecule has 1 aliphatic carbocycles. The van der Waals surface area contributed by atoms with Crippen molar-refractivity contribution in [3.63, 3.8) is 0 Å². The highest BCUT2D eigenvalue weighted by Gasteiger charge is 2.52. The Bertz CT molecular complexity index is 1010. The average Bonchev–Trinajstić information content (AvgIpc) is 3.16.